The zero-order valence-electron chi connectivity index (χ0n) is 10.9. The molecule has 0 aromatic carbocycles. The van der Waals surface area contributed by atoms with Crippen LogP contribution in [-0.4, -0.2) is 29.1 Å². The van der Waals surface area contributed by atoms with Gasteiger partial charge in [0.25, 0.3) is 0 Å². The molecule has 2 aliphatic heterocycles. The van der Waals surface area contributed by atoms with E-state index in [4.69, 9.17) is 4.98 Å². The minimum absolute atomic E-state index is 0.561. The molecule has 4 heteroatoms. The van der Waals surface area contributed by atoms with Gasteiger partial charge in [-0.3, -0.25) is 4.98 Å². The lowest BCUT2D eigenvalue weighted by atomic mass is 10.1. The molecule has 1 fully saturated rings. The van der Waals surface area contributed by atoms with Crippen LogP contribution in [0, 0.1) is 6.92 Å². The number of hydrogen-bond acceptors (Lipinski definition) is 4. The lowest BCUT2D eigenvalue weighted by molar-refractivity contribution is 0.788. The highest BCUT2D eigenvalue weighted by Gasteiger charge is 2.30. The van der Waals surface area contributed by atoms with E-state index in [1.165, 1.54) is 12.1 Å². The van der Waals surface area contributed by atoms with Gasteiger partial charge in [-0.2, -0.15) is 0 Å². The number of fused-ring (bicyclic) bond motifs is 4. The quantitative estimate of drug-likeness (QED) is 0.846. The second-order valence-electron chi connectivity index (χ2n) is 5.33. The minimum atomic E-state index is 0.561. The lowest BCUT2D eigenvalue weighted by Gasteiger charge is -2.27. The summed E-state index contributed by atoms with van der Waals surface area (Å²) in [5.41, 5.74) is 4.32. The van der Waals surface area contributed by atoms with Crippen LogP contribution in [0.3, 0.4) is 0 Å². The van der Waals surface area contributed by atoms with Gasteiger partial charge < -0.3 is 10.2 Å². The molecule has 19 heavy (non-hydrogen) atoms. The Bertz CT molecular complexity index is 621. The lowest BCUT2D eigenvalue weighted by Crippen LogP contribution is -2.32. The fourth-order valence-corrected chi connectivity index (χ4v) is 2.88. The smallest absolute Gasteiger partial charge is 0.150 e. The summed E-state index contributed by atoms with van der Waals surface area (Å²) in [6.45, 7) is 4.24. The SMILES string of the molecule is Cc1ccc(-c2ccc3c(n2)NC2CCN3C2)cn1. The van der Waals surface area contributed by atoms with Crippen LogP contribution >= 0.6 is 0 Å². The molecule has 96 valence electrons. The number of aryl methyl sites for hydroxylation is 1. The van der Waals surface area contributed by atoms with Crippen LogP contribution in [0.4, 0.5) is 11.5 Å². The second kappa shape index (κ2) is 3.95. The molecule has 1 atom stereocenters. The Kier molecular flexibility index (Phi) is 2.24. The van der Waals surface area contributed by atoms with Gasteiger partial charge in [-0.1, -0.05) is 0 Å². The van der Waals surface area contributed by atoms with Gasteiger partial charge in [-0.05, 0) is 37.6 Å². The van der Waals surface area contributed by atoms with Gasteiger partial charge in [0.05, 0.1) is 11.4 Å². The number of nitrogens with one attached hydrogen (secondary N) is 1. The number of hydrogen-bond donors (Lipinski definition) is 1. The maximum atomic E-state index is 4.76. The summed E-state index contributed by atoms with van der Waals surface area (Å²) < 4.78 is 0. The first-order chi connectivity index (χ1) is 9.29. The van der Waals surface area contributed by atoms with Gasteiger partial charge in [-0.25, -0.2) is 4.98 Å². The van der Waals surface area contributed by atoms with Crippen molar-refractivity contribution < 1.29 is 0 Å². The third kappa shape index (κ3) is 1.75. The highest BCUT2D eigenvalue weighted by atomic mass is 15.3. The molecular weight excluding hydrogens is 236 g/mol. The predicted molar refractivity (Wildman–Crippen MR) is 76.4 cm³/mol. The highest BCUT2D eigenvalue weighted by Crippen LogP contribution is 2.35. The summed E-state index contributed by atoms with van der Waals surface area (Å²) in [6.07, 6.45) is 3.10. The fraction of sp³-hybridized carbons (Fsp3) is 0.333. The summed E-state index contributed by atoms with van der Waals surface area (Å²) in [7, 11) is 0. The molecular formula is C15H16N4. The van der Waals surface area contributed by atoms with Crippen molar-refractivity contribution in [2.75, 3.05) is 23.3 Å². The van der Waals surface area contributed by atoms with Gasteiger partial charge >= 0.3 is 0 Å². The Morgan fingerprint density at radius 1 is 1.26 bits per heavy atom. The van der Waals surface area contributed by atoms with E-state index in [0.29, 0.717) is 6.04 Å². The van der Waals surface area contributed by atoms with E-state index in [-0.39, 0.29) is 0 Å². The Labute approximate surface area is 112 Å². The molecule has 0 radical (unpaired) electrons. The summed E-state index contributed by atoms with van der Waals surface area (Å²) in [4.78, 5) is 11.5. The number of pyridine rings is 2. The topological polar surface area (TPSA) is 41.1 Å². The van der Waals surface area contributed by atoms with Crippen LogP contribution < -0.4 is 10.2 Å². The third-order valence-corrected chi connectivity index (χ3v) is 3.95. The Hall–Kier alpha value is -2.10. The average Bonchev–Trinajstić information content (AvgIpc) is 2.82. The largest absolute Gasteiger partial charge is 0.366 e. The first-order valence-corrected chi connectivity index (χ1v) is 6.75. The Balaban J connectivity index is 1.76. The number of nitrogens with zero attached hydrogens (tertiary/aromatic N) is 3. The summed E-state index contributed by atoms with van der Waals surface area (Å²) >= 11 is 0. The number of rotatable bonds is 1. The number of aromatic nitrogens is 2. The zero-order valence-corrected chi connectivity index (χ0v) is 10.9. The van der Waals surface area contributed by atoms with Crippen molar-refractivity contribution in [3.8, 4) is 11.3 Å². The van der Waals surface area contributed by atoms with Crippen molar-refractivity contribution in [2.24, 2.45) is 0 Å². The van der Waals surface area contributed by atoms with E-state index in [1.54, 1.807) is 0 Å². The van der Waals surface area contributed by atoms with Crippen LogP contribution in [0.5, 0.6) is 0 Å². The summed E-state index contributed by atoms with van der Waals surface area (Å²) in [5.74, 6) is 1.02. The van der Waals surface area contributed by atoms with Crippen LogP contribution in [0.15, 0.2) is 30.5 Å². The summed E-state index contributed by atoms with van der Waals surface area (Å²) in [6, 6.07) is 8.93. The van der Waals surface area contributed by atoms with E-state index in [0.717, 1.165) is 35.9 Å². The Morgan fingerprint density at radius 3 is 3.05 bits per heavy atom. The molecule has 4 rings (SSSR count). The van der Waals surface area contributed by atoms with Gasteiger partial charge in [-0.15, -0.1) is 0 Å². The molecule has 0 spiro atoms. The fourth-order valence-electron chi connectivity index (χ4n) is 2.88. The van der Waals surface area contributed by atoms with Crippen LogP contribution in [0.25, 0.3) is 11.3 Å². The van der Waals surface area contributed by atoms with E-state index in [2.05, 4.69) is 33.4 Å². The molecule has 4 nitrogen and oxygen atoms in total. The van der Waals surface area contributed by atoms with Crippen molar-refractivity contribution in [3.05, 3.63) is 36.2 Å². The van der Waals surface area contributed by atoms with E-state index >= 15 is 0 Å². The number of anilines is 2. The van der Waals surface area contributed by atoms with Crippen molar-refractivity contribution in [3.63, 3.8) is 0 Å². The molecule has 2 aliphatic rings. The first kappa shape index (κ1) is 10.8. The first-order valence-electron chi connectivity index (χ1n) is 6.75. The summed E-state index contributed by atoms with van der Waals surface area (Å²) in [5, 5.41) is 3.54. The molecule has 2 bridgehead atoms. The maximum absolute atomic E-state index is 4.76. The molecule has 2 aromatic rings. The van der Waals surface area contributed by atoms with Crippen molar-refractivity contribution >= 4 is 11.5 Å². The molecule has 0 saturated carbocycles. The monoisotopic (exact) mass is 252 g/mol. The average molecular weight is 252 g/mol. The van der Waals surface area contributed by atoms with E-state index in [9.17, 15) is 0 Å². The highest BCUT2D eigenvalue weighted by molar-refractivity contribution is 5.74. The van der Waals surface area contributed by atoms with Gasteiger partial charge in [0, 0.05) is 36.6 Å². The van der Waals surface area contributed by atoms with Crippen molar-refractivity contribution in [2.45, 2.75) is 19.4 Å². The normalized spacial score (nSPS) is 20.1. The third-order valence-electron chi connectivity index (χ3n) is 3.95. The standard InChI is InChI=1S/C15H16N4/c1-10-2-3-11(8-16-10)13-4-5-14-15(18-13)17-12-6-7-19(14)9-12/h2-5,8,12H,6-7,9H2,1H3,(H,17,18). The Morgan fingerprint density at radius 2 is 2.21 bits per heavy atom. The van der Waals surface area contributed by atoms with Crippen LogP contribution in [0.1, 0.15) is 12.1 Å². The van der Waals surface area contributed by atoms with Crippen molar-refractivity contribution in [1.82, 2.24) is 9.97 Å². The van der Waals surface area contributed by atoms with E-state index in [1.807, 2.05) is 19.2 Å². The molecule has 1 N–H and O–H groups in total. The van der Waals surface area contributed by atoms with Crippen LogP contribution in [-0.2, 0) is 0 Å². The maximum Gasteiger partial charge on any atom is 0.150 e. The zero-order chi connectivity index (χ0) is 12.8. The minimum Gasteiger partial charge on any atom is -0.366 e. The predicted octanol–water partition coefficient (Wildman–Crippen LogP) is 2.46. The second-order valence-corrected chi connectivity index (χ2v) is 5.33. The van der Waals surface area contributed by atoms with E-state index < -0.39 is 0 Å². The molecule has 0 aliphatic carbocycles. The van der Waals surface area contributed by atoms with Gasteiger partial charge in [0.15, 0.2) is 5.82 Å². The van der Waals surface area contributed by atoms with Crippen LogP contribution in [0.2, 0.25) is 0 Å². The van der Waals surface area contributed by atoms with Gasteiger partial charge in [0.1, 0.15) is 0 Å². The molecule has 2 aromatic heterocycles. The van der Waals surface area contributed by atoms with Gasteiger partial charge in [0.2, 0.25) is 0 Å². The molecule has 0 amide bonds. The van der Waals surface area contributed by atoms with Crippen molar-refractivity contribution in [1.29, 1.82) is 0 Å². The molecule has 1 saturated heterocycles. The molecule has 4 heterocycles. The molecule has 1 unspecified atom stereocenters.